The Morgan fingerprint density at radius 1 is 0.944 bits per heavy atom. The molecule has 106 valence electrons. The summed E-state index contributed by atoms with van der Waals surface area (Å²) in [7, 11) is 0. The standard InChI is InChI=1S/C16H32N2/c1-13(2)16-9-6-15(7-10-16,8-11-16)5-3-14(18)4-12-17/h13-14H,3-12,17-18H2,1-2H3. The van der Waals surface area contributed by atoms with E-state index >= 15 is 0 Å². The molecule has 3 aliphatic carbocycles. The fourth-order valence-electron chi connectivity index (χ4n) is 4.38. The third-order valence-corrected chi connectivity index (χ3v) is 6.27. The van der Waals surface area contributed by atoms with Crippen LogP contribution in [-0.4, -0.2) is 12.6 Å². The average Bonchev–Trinajstić information content (AvgIpc) is 2.39. The Bertz CT molecular complexity index is 248. The molecule has 18 heavy (non-hydrogen) atoms. The van der Waals surface area contributed by atoms with Crippen molar-refractivity contribution in [1.29, 1.82) is 0 Å². The molecule has 0 aromatic heterocycles. The predicted octanol–water partition coefficient (Wildman–Crippen LogP) is 3.44. The van der Waals surface area contributed by atoms with E-state index in [0.717, 1.165) is 18.9 Å². The zero-order valence-electron chi connectivity index (χ0n) is 12.4. The normalized spacial score (nSPS) is 37.2. The molecule has 0 heterocycles. The van der Waals surface area contributed by atoms with Crippen LogP contribution in [0.2, 0.25) is 0 Å². The zero-order valence-corrected chi connectivity index (χ0v) is 12.4. The van der Waals surface area contributed by atoms with E-state index in [1.807, 2.05) is 0 Å². The summed E-state index contributed by atoms with van der Waals surface area (Å²) in [6.07, 6.45) is 12.3. The minimum atomic E-state index is 0.336. The molecular formula is C16H32N2. The van der Waals surface area contributed by atoms with Gasteiger partial charge in [0, 0.05) is 6.04 Å². The fourth-order valence-corrected chi connectivity index (χ4v) is 4.38. The SMILES string of the molecule is CC(C)C12CCC(CCC(N)CCN)(CC1)CC2. The molecule has 0 aliphatic heterocycles. The molecule has 3 fully saturated rings. The van der Waals surface area contributed by atoms with E-state index in [0.29, 0.717) is 16.9 Å². The highest BCUT2D eigenvalue weighted by atomic mass is 14.7. The van der Waals surface area contributed by atoms with Crippen molar-refractivity contribution < 1.29 is 0 Å². The van der Waals surface area contributed by atoms with E-state index in [4.69, 9.17) is 11.5 Å². The first-order valence-electron chi connectivity index (χ1n) is 7.98. The van der Waals surface area contributed by atoms with Crippen molar-refractivity contribution in [3.05, 3.63) is 0 Å². The number of rotatable bonds is 6. The predicted molar refractivity (Wildman–Crippen MR) is 78.3 cm³/mol. The Kier molecular flexibility index (Phi) is 4.38. The van der Waals surface area contributed by atoms with Crippen molar-refractivity contribution in [3.63, 3.8) is 0 Å². The summed E-state index contributed by atoms with van der Waals surface area (Å²) in [6, 6.07) is 0.336. The highest BCUT2D eigenvalue weighted by Crippen LogP contribution is 2.61. The Hall–Kier alpha value is -0.0800. The molecule has 3 aliphatic rings. The molecular weight excluding hydrogens is 220 g/mol. The topological polar surface area (TPSA) is 52.0 Å². The maximum absolute atomic E-state index is 6.12. The monoisotopic (exact) mass is 252 g/mol. The third-order valence-electron chi connectivity index (χ3n) is 6.27. The van der Waals surface area contributed by atoms with Crippen LogP contribution in [0.15, 0.2) is 0 Å². The first-order chi connectivity index (χ1) is 8.52. The van der Waals surface area contributed by atoms with Gasteiger partial charge in [0.15, 0.2) is 0 Å². The molecule has 2 nitrogen and oxygen atoms in total. The van der Waals surface area contributed by atoms with Crippen LogP contribution < -0.4 is 11.5 Å². The van der Waals surface area contributed by atoms with Gasteiger partial charge < -0.3 is 11.5 Å². The molecule has 4 N–H and O–H groups in total. The van der Waals surface area contributed by atoms with Gasteiger partial charge in [0.05, 0.1) is 0 Å². The molecule has 3 rings (SSSR count). The lowest BCUT2D eigenvalue weighted by Gasteiger charge is -2.56. The van der Waals surface area contributed by atoms with Gasteiger partial charge in [-0.1, -0.05) is 13.8 Å². The summed E-state index contributed by atoms with van der Waals surface area (Å²) >= 11 is 0. The summed E-state index contributed by atoms with van der Waals surface area (Å²) < 4.78 is 0. The Labute approximate surface area is 113 Å². The van der Waals surface area contributed by atoms with Gasteiger partial charge in [0.2, 0.25) is 0 Å². The quantitative estimate of drug-likeness (QED) is 0.761. The molecule has 1 atom stereocenters. The van der Waals surface area contributed by atoms with Gasteiger partial charge in [-0.15, -0.1) is 0 Å². The molecule has 0 spiro atoms. The van der Waals surface area contributed by atoms with Gasteiger partial charge in [-0.05, 0) is 81.1 Å². The summed E-state index contributed by atoms with van der Waals surface area (Å²) in [6.45, 7) is 5.59. The maximum Gasteiger partial charge on any atom is 0.00510 e. The van der Waals surface area contributed by atoms with Crippen LogP contribution in [0.5, 0.6) is 0 Å². The first kappa shape index (κ1) is 14.3. The Morgan fingerprint density at radius 2 is 1.50 bits per heavy atom. The van der Waals surface area contributed by atoms with E-state index in [1.165, 1.54) is 51.4 Å². The van der Waals surface area contributed by atoms with Crippen molar-refractivity contribution in [1.82, 2.24) is 0 Å². The van der Waals surface area contributed by atoms with Crippen molar-refractivity contribution in [2.24, 2.45) is 28.2 Å². The smallest absolute Gasteiger partial charge is 0.00510 e. The number of fused-ring (bicyclic) bond motifs is 3. The molecule has 3 saturated carbocycles. The molecule has 2 bridgehead atoms. The van der Waals surface area contributed by atoms with E-state index in [1.54, 1.807) is 0 Å². The lowest BCUT2D eigenvalue weighted by Crippen LogP contribution is -2.44. The highest BCUT2D eigenvalue weighted by molar-refractivity contribution is 5.00. The third kappa shape index (κ3) is 2.75. The summed E-state index contributed by atoms with van der Waals surface area (Å²) in [5, 5.41) is 0. The van der Waals surface area contributed by atoms with E-state index in [-0.39, 0.29) is 0 Å². The Balaban J connectivity index is 1.85. The summed E-state index contributed by atoms with van der Waals surface area (Å²) in [5.74, 6) is 0.871. The zero-order chi connectivity index (χ0) is 13.2. The van der Waals surface area contributed by atoms with Crippen molar-refractivity contribution in [3.8, 4) is 0 Å². The fraction of sp³-hybridized carbons (Fsp3) is 1.00. The summed E-state index contributed by atoms with van der Waals surface area (Å²) in [5.41, 5.74) is 13.1. The van der Waals surface area contributed by atoms with E-state index in [9.17, 15) is 0 Å². The lowest BCUT2D eigenvalue weighted by molar-refractivity contribution is -0.0440. The van der Waals surface area contributed by atoms with Crippen LogP contribution in [0, 0.1) is 16.7 Å². The van der Waals surface area contributed by atoms with Crippen LogP contribution in [0.25, 0.3) is 0 Å². The van der Waals surface area contributed by atoms with Gasteiger partial charge in [-0.2, -0.15) is 0 Å². The number of hydrogen-bond acceptors (Lipinski definition) is 2. The number of nitrogens with two attached hydrogens (primary N) is 2. The molecule has 0 saturated heterocycles. The first-order valence-corrected chi connectivity index (χ1v) is 7.98. The molecule has 0 amide bonds. The average molecular weight is 252 g/mol. The van der Waals surface area contributed by atoms with Crippen molar-refractivity contribution >= 4 is 0 Å². The van der Waals surface area contributed by atoms with Crippen molar-refractivity contribution in [2.45, 2.75) is 77.7 Å². The molecule has 0 aromatic rings. The van der Waals surface area contributed by atoms with Gasteiger partial charge in [-0.3, -0.25) is 0 Å². The van der Waals surface area contributed by atoms with Gasteiger partial charge in [0.25, 0.3) is 0 Å². The second kappa shape index (κ2) is 5.50. The summed E-state index contributed by atoms with van der Waals surface area (Å²) in [4.78, 5) is 0. The van der Waals surface area contributed by atoms with Crippen LogP contribution >= 0.6 is 0 Å². The maximum atomic E-state index is 6.12. The second-order valence-electron chi connectivity index (χ2n) is 7.39. The molecule has 0 radical (unpaired) electrons. The lowest BCUT2D eigenvalue weighted by atomic mass is 9.50. The molecule has 2 heteroatoms. The highest BCUT2D eigenvalue weighted by Gasteiger charge is 2.49. The molecule has 0 aromatic carbocycles. The van der Waals surface area contributed by atoms with E-state index in [2.05, 4.69) is 13.8 Å². The number of hydrogen-bond donors (Lipinski definition) is 2. The van der Waals surface area contributed by atoms with Crippen LogP contribution in [0.3, 0.4) is 0 Å². The van der Waals surface area contributed by atoms with Crippen LogP contribution in [-0.2, 0) is 0 Å². The van der Waals surface area contributed by atoms with Crippen LogP contribution in [0.1, 0.15) is 71.6 Å². The van der Waals surface area contributed by atoms with Gasteiger partial charge in [-0.25, -0.2) is 0 Å². The van der Waals surface area contributed by atoms with Crippen molar-refractivity contribution in [2.75, 3.05) is 6.54 Å². The minimum absolute atomic E-state index is 0.336. The Morgan fingerprint density at radius 3 is 1.94 bits per heavy atom. The van der Waals surface area contributed by atoms with E-state index < -0.39 is 0 Å². The minimum Gasteiger partial charge on any atom is -0.330 e. The van der Waals surface area contributed by atoms with Gasteiger partial charge >= 0.3 is 0 Å². The largest absolute Gasteiger partial charge is 0.330 e. The van der Waals surface area contributed by atoms with Crippen LogP contribution in [0.4, 0.5) is 0 Å². The van der Waals surface area contributed by atoms with Gasteiger partial charge in [0.1, 0.15) is 0 Å². The molecule has 1 unspecified atom stereocenters. The second-order valence-corrected chi connectivity index (χ2v) is 7.39.